The fraction of sp³-hybridized carbons (Fsp3) is 0.500. The zero-order valence-corrected chi connectivity index (χ0v) is 16.4. The molecule has 2 fully saturated rings. The van der Waals surface area contributed by atoms with Gasteiger partial charge in [0.15, 0.2) is 10.9 Å². The Morgan fingerprint density at radius 2 is 2.19 bits per heavy atom. The molecule has 4 rings (SSSR count). The van der Waals surface area contributed by atoms with Crippen molar-refractivity contribution in [3.8, 4) is 0 Å². The standard InChI is InChI=1S/C20H24N4O2S/c1-14-18(17(25)8-7-15-4-2-9-21-12-15)27-19(22-14)24-11-3-10-23(20(24)26)13-16-5-6-16/h2,4,9,12,16H,3,5-8,10-11,13H2,1H3. The van der Waals surface area contributed by atoms with E-state index in [0.717, 1.165) is 30.8 Å². The second kappa shape index (κ2) is 7.76. The van der Waals surface area contributed by atoms with Crippen LogP contribution in [0.1, 0.15) is 46.6 Å². The minimum atomic E-state index is 0.0382. The SMILES string of the molecule is Cc1nc(N2CCCN(CC3CC3)C2=O)sc1C(=O)CCc1cccnc1. The molecule has 0 unspecified atom stereocenters. The van der Waals surface area contributed by atoms with Crippen molar-refractivity contribution < 1.29 is 9.59 Å². The van der Waals surface area contributed by atoms with Crippen molar-refractivity contribution >= 4 is 28.3 Å². The van der Waals surface area contributed by atoms with Gasteiger partial charge in [0, 0.05) is 38.4 Å². The number of aryl methyl sites for hydroxylation is 2. The highest BCUT2D eigenvalue weighted by atomic mass is 32.1. The fourth-order valence-corrected chi connectivity index (χ4v) is 4.47. The summed E-state index contributed by atoms with van der Waals surface area (Å²) >= 11 is 1.35. The Morgan fingerprint density at radius 1 is 1.33 bits per heavy atom. The molecule has 7 heteroatoms. The lowest BCUT2D eigenvalue weighted by Crippen LogP contribution is -2.50. The van der Waals surface area contributed by atoms with Gasteiger partial charge in [-0.1, -0.05) is 17.4 Å². The van der Waals surface area contributed by atoms with Crippen molar-refractivity contribution in [3.05, 3.63) is 40.7 Å². The van der Waals surface area contributed by atoms with Gasteiger partial charge >= 0.3 is 6.03 Å². The quantitative estimate of drug-likeness (QED) is 0.683. The molecule has 142 valence electrons. The number of ketones is 1. The summed E-state index contributed by atoms with van der Waals surface area (Å²) in [6.07, 6.45) is 8.02. The van der Waals surface area contributed by atoms with Gasteiger partial charge in [0.2, 0.25) is 0 Å². The van der Waals surface area contributed by atoms with E-state index in [1.165, 1.54) is 24.2 Å². The van der Waals surface area contributed by atoms with Gasteiger partial charge in [0.25, 0.3) is 0 Å². The molecule has 6 nitrogen and oxygen atoms in total. The molecule has 2 aliphatic rings. The molecule has 1 saturated heterocycles. The molecule has 0 N–H and O–H groups in total. The van der Waals surface area contributed by atoms with Crippen molar-refractivity contribution in [2.24, 2.45) is 5.92 Å². The molecule has 0 atom stereocenters. The van der Waals surface area contributed by atoms with E-state index in [1.54, 1.807) is 17.3 Å². The van der Waals surface area contributed by atoms with E-state index in [9.17, 15) is 9.59 Å². The minimum Gasteiger partial charge on any atom is -0.324 e. The Labute approximate surface area is 163 Å². The summed E-state index contributed by atoms with van der Waals surface area (Å²) in [7, 11) is 0. The number of carbonyl (C=O) groups excluding carboxylic acids is 2. The number of carbonyl (C=O) groups is 2. The van der Waals surface area contributed by atoms with Crippen LogP contribution < -0.4 is 4.90 Å². The van der Waals surface area contributed by atoms with Gasteiger partial charge < -0.3 is 4.90 Å². The topological polar surface area (TPSA) is 66.4 Å². The van der Waals surface area contributed by atoms with Crippen LogP contribution in [-0.2, 0) is 6.42 Å². The van der Waals surface area contributed by atoms with Crippen LogP contribution in [0, 0.1) is 12.8 Å². The lowest BCUT2D eigenvalue weighted by molar-refractivity contribution is 0.0986. The van der Waals surface area contributed by atoms with E-state index in [1.807, 2.05) is 24.0 Å². The largest absolute Gasteiger partial charge is 0.326 e. The maximum Gasteiger partial charge on any atom is 0.326 e. The summed E-state index contributed by atoms with van der Waals surface area (Å²) in [4.78, 5) is 38.5. The Balaban J connectivity index is 1.43. The molecule has 1 saturated carbocycles. The van der Waals surface area contributed by atoms with Gasteiger partial charge in [-0.05, 0) is 50.2 Å². The van der Waals surface area contributed by atoms with Crippen molar-refractivity contribution in [3.63, 3.8) is 0 Å². The van der Waals surface area contributed by atoms with Crippen molar-refractivity contribution in [2.45, 2.75) is 39.0 Å². The lowest BCUT2D eigenvalue weighted by atomic mass is 10.1. The number of nitrogens with zero attached hydrogens (tertiary/aromatic N) is 4. The molecule has 0 spiro atoms. The van der Waals surface area contributed by atoms with E-state index in [0.29, 0.717) is 35.3 Å². The molecule has 0 bridgehead atoms. The van der Waals surface area contributed by atoms with E-state index in [4.69, 9.17) is 0 Å². The first-order valence-corrected chi connectivity index (χ1v) is 10.4. The average molecular weight is 385 g/mol. The number of Topliss-reactive ketones (excluding diaryl/α,β-unsaturated/α-hetero) is 1. The molecular formula is C20H24N4O2S. The van der Waals surface area contributed by atoms with Crippen LogP contribution in [0.4, 0.5) is 9.93 Å². The first-order valence-electron chi connectivity index (χ1n) is 9.58. The molecule has 1 aliphatic heterocycles. The first-order chi connectivity index (χ1) is 13.1. The maximum absolute atomic E-state index is 12.8. The van der Waals surface area contributed by atoms with Crippen LogP contribution >= 0.6 is 11.3 Å². The molecule has 1 aliphatic carbocycles. The van der Waals surface area contributed by atoms with Crippen LogP contribution in [0.3, 0.4) is 0 Å². The highest BCUT2D eigenvalue weighted by molar-refractivity contribution is 7.17. The number of rotatable bonds is 7. The normalized spacial score (nSPS) is 17.4. The molecule has 2 aromatic heterocycles. The Bertz CT molecular complexity index is 832. The Hall–Kier alpha value is -2.28. The minimum absolute atomic E-state index is 0.0382. The fourth-order valence-electron chi connectivity index (χ4n) is 3.41. The van der Waals surface area contributed by atoms with E-state index >= 15 is 0 Å². The van der Waals surface area contributed by atoms with Crippen LogP contribution in [0.5, 0.6) is 0 Å². The van der Waals surface area contributed by atoms with Gasteiger partial charge in [0.1, 0.15) is 0 Å². The van der Waals surface area contributed by atoms with Crippen molar-refractivity contribution in [1.29, 1.82) is 0 Å². The second-order valence-corrected chi connectivity index (χ2v) is 8.35. The van der Waals surface area contributed by atoms with E-state index in [2.05, 4.69) is 9.97 Å². The lowest BCUT2D eigenvalue weighted by Gasteiger charge is -2.34. The second-order valence-electron chi connectivity index (χ2n) is 7.37. The number of hydrogen-bond acceptors (Lipinski definition) is 5. The predicted octanol–water partition coefficient (Wildman–Crippen LogP) is 3.70. The van der Waals surface area contributed by atoms with E-state index < -0.39 is 0 Å². The summed E-state index contributed by atoms with van der Waals surface area (Å²) in [6, 6.07) is 3.90. The number of hydrogen-bond donors (Lipinski definition) is 0. The number of aromatic nitrogens is 2. The number of amides is 2. The summed E-state index contributed by atoms with van der Waals surface area (Å²) in [5, 5.41) is 0.655. The van der Waals surface area contributed by atoms with Gasteiger partial charge in [-0.15, -0.1) is 0 Å². The van der Waals surface area contributed by atoms with E-state index in [-0.39, 0.29) is 11.8 Å². The van der Waals surface area contributed by atoms with Crippen LogP contribution in [0.15, 0.2) is 24.5 Å². The number of thiazole rings is 1. The zero-order valence-electron chi connectivity index (χ0n) is 15.6. The third kappa shape index (κ3) is 4.18. The molecule has 0 aromatic carbocycles. The Kier molecular flexibility index (Phi) is 5.20. The summed E-state index contributed by atoms with van der Waals surface area (Å²) in [5.74, 6) is 0.760. The summed E-state index contributed by atoms with van der Waals surface area (Å²) in [5.41, 5.74) is 1.77. The smallest absolute Gasteiger partial charge is 0.324 e. The molecule has 2 amide bonds. The zero-order chi connectivity index (χ0) is 18.8. The van der Waals surface area contributed by atoms with Crippen LogP contribution in [-0.4, -0.2) is 46.3 Å². The first kappa shape index (κ1) is 18.1. The summed E-state index contributed by atoms with van der Waals surface area (Å²) < 4.78 is 0. The third-order valence-electron chi connectivity index (χ3n) is 5.12. The number of pyridine rings is 1. The van der Waals surface area contributed by atoms with Gasteiger partial charge in [-0.2, -0.15) is 0 Å². The molecule has 2 aromatic rings. The highest BCUT2D eigenvalue weighted by Gasteiger charge is 2.33. The molecule has 27 heavy (non-hydrogen) atoms. The molecular weight excluding hydrogens is 360 g/mol. The van der Waals surface area contributed by atoms with Crippen molar-refractivity contribution in [1.82, 2.24) is 14.9 Å². The van der Waals surface area contributed by atoms with Crippen LogP contribution in [0.25, 0.3) is 0 Å². The van der Waals surface area contributed by atoms with Crippen molar-refractivity contribution in [2.75, 3.05) is 24.5 Å². The van der Waals surface area contributed by atoms with Gasteiger partial charge in [-0.25, -0.2) is 9.78 Å². The number of urea groups is 1. The van der Waals surface area contributed by atoms with Gasteiger partial charge in [-0.3, -0.25) is 14.7 Å². The van der Waals surface area contributed by atoms with Crippen LogP contribution in [0.2, 0.25) is 0 Å². The van der Waals surface area contributed by atoms with Gasteiger partial charge in [0.05, 0.1) is 10.6 Å². The summed E-state index contributed by atoms with van der Waals surface area (Å²) in [6.45, 7) is 4.22. The Morgan fingerprint density at radius 3 is 2.93 bits per heavy atom. The highest BCUT2D eigenvalue weighted by Crippen LogP contribution is 2.33. The molecule has 0 radical (unpaired) electrons. The monoisotopic (exact) mass is 384 g/mol. The molecule has 3 heterocycles. The third-order valence-corrected chi connectivity index (χ3v) is 6.34. The maximum atomic E-state index is 12.8. The predicted molar refractivity (Wildman–Crippen MR) is 105 cm³/mol. The average Bonchev–Trinajstić information content (AvgIpc) is 3.42. The number of anilines is 1.